The second-order valence-corrected chi connectivity index (χ2v) is 10.2. The first-order valence-electron chi connectivity index (χ1n) is 10.4. The number of carbonyl (C=O) groups excluding carboxylic acids is 2. The van der Waals surface area contributed by atoms with E-state index in [2.05, 4.69) is 20.4 Å². The van der Waals surface area contributed by atoms with Crippen molar-refractivity contribution in [1.29, 1.82) is 0 Å². The Bertz CT molecular complexity index is 733. The van der Waals surface area contributed by atoms with Crippen LogP contribution >= 0.6 is 0 Å². The Morgan fingerprint density at radius 1 is 1.18 bits per heavy atom. The molecule has 6 heteroatoms. The molecule has 4 aliphatic rings. The second-order valence-electron chi connectivity index (χ2n) is 10.2. The Hall–Kier alpha value is -1.24. The van der Waals surface area contributed by atoms with Crippen LogP contribution in [-0.4, -0.2) is 52.0 Å². The average molecular weight is 392 g/mol. The summed E-state index contributed by atoms with van der Waals surface area (Å²) in [5.74, 6) is -1.59. The second kappa shape index (κ2) is 6.13. The van der Waals surface area contributed by atoms with Gasteiger partial charge in [0.1, 0.15) is 0 Å². The third-order valence-corrected chi connectivity index (χ3v) is 8.90. The zero-order chi connectivity index (χ0) is 20.6. The molecule has 6 nitrogen and oxygen atoms in total. The molecule has 0 saturated heterocycles. The summed E-state index contributed by atoms with van der Waals surface area (Å²) in [6.45, 7) is 9.77. The van der Waals surface area contributed by atoms with Crippen LogP contribution in [0.25, 0.3) is 0 Å². The van der Waals surface area contributed by atoms with Gasteiger partial charge < -0.3 is 20.1 Å². The molecule has 0 unspecified atom stereocenters. The first-order chi connectivity index (χ1) is 13.0. The normalized spacial score (nSPS) is 52.8. The summed E-state index contributed by atoms with van der Waals surface area (Å²) < 4.78 is 5.39. The average Bonchev–Trinajstić information content (AvgIpc) is 2.74. The quantitative estimate of drug-likeness (QED) is 0.487. The van der Waals surface area contributed by atoms with Crippen molar-refractivity contribution < 1.29 is 29.6 Å². The molecule has 1 spiro atoms. The molecule has 0 aliphatic heterocycles. The molecule has 2 bridgehead atoms. The van der Waals surface area contributed by atoms with Crippen LogP contribution in [0.4, 0.5) is 0 Å². The summed E-state index contributed by atoms with van der Waals surface area (Å²) in [6, 6.07) is 0. The Labute approximate surface area is 166 Å². The fourth-order valence-electron chi connectivity index (χ4n) is 7.68. The predicted octanol–water partition coefficient (Wildman–Crippen LogP) is 1.61. The summed E-state index contributed by atoms with van der Waals surface area (Å²) >= 11 is 0. The van der Waals surface area contributed by atoms with E-state index in [1.165, 1.54) is 6.92 Å². The Balaban J connectivity index is 1.80. The largest absolute Gasteiger partial charge is 0.465 e. The highest BCUT2D eigenvalue weighted by Gasteiger charge is 2.75. The molecule has 4 rings (SSSR count). The summed E-state index contributed by atoms with van der Waals surface area (Å²) in [6.07, 6.45) is 0.467. The van der Waals surface area contributed by atoms with E-state index in [-0.39, 0.29) is 46.6 Å². The minimum Gasteiger partial charge on any atom is -0.465 e. The number of ether oxygens (including phenoxy) is 1. The third-order valence-electron chi connectivity index (χ3n) is 8.90. The summed E-state index contributed by atoms with van der Waals surface area (Å²) in [7, 11) is 0. The number of fused-ring (bicyclic) bond motifs is 3. The van der Waals surface area contributed by atoms with Crippen LogP contribution in [0.1, 0.15) is 52.9 Å². The highest BCUT2D eigenvalue weighted by molar-refractivity contribution is 6.04. The van der Waals surface area contributed by atoms with E-state index in [0.29, 0.717) is 12.8 Å². The van der Waals surface area contributed by atoms with Gasteiger partial charge in [0.2, 0.25) is 0 Å². The van der Waals surface area contributed by atoms with Gasteiger partial charge in [-0.25, -0.2) is 0 Å². The molecule has 4 aliphatic carbocycles. The lowest BCUT2D eigenvalue weighted by molar-refractivity contribution is -0.243. The molecule has 9 atom stereocenters. The molecule has 0 amide bonds. The maximum atomic E-state index is 13.3. The van der Waals surface area contributed by atoms with Crippen molar-refractivity contribution in [3.63, 3.8) is 0 Å². The van der Waals surface area contributed by atoms with Crippen LogP contribution in [0.15, 0.2) is 12.2 Å². The van der Waals surface area contributed by atoms with Gasteiger partial charge in [-0.3, -0.25) is 9.59 Å². The van der Waals surface area contributed by atoms with E-state index < -0.39 is 29.6 Å². The number of rotatable bonds is 2. The van der Waals surface area contributed by atoms with Gasteiger partial charge in [0.25, 0.3) is 0 Å². The van der Waals surface area contributed by atoms with Crippen molar-refractivity contribution in [3.8, 4) is 0 Å². The molecule has 0 aromatic heterocycles. The van der Waals surface area contributed by atoms with Crippen molar-refractivity contribution in [1.82, 2.24) is 0 Å². The summed E-state index contributed by atoms with van der Waals surface area (Å²) in [5.41, 5.74) is -1.68. The van der Waals surface area contributed by atoms with Crippen LogP contribution in [0, 0.1) is 34.0 Å². The predicted molar refractivity (Wildman–Crippen MR) is 101 cm³/mol. The Morgan fingerprint density at radius 2 is 1.86 bits per heavy atom. The van der Waals surface area contributed by atoms with Gasteiger partial charge in [-0.05, 0) is 48.5 Å². The topological polar surface area (TPSA) is 104 Å². The van der Waals surface area contributed by atoms with Crippen molar-refractivity contribution in [3.05, 3.63) is 12.2 Å². The van der Waals surface area contributed by atoms with Crippen LogP contribution in [-0.2, 0) is 14.3 Å². The van der Waals surface area contributed by atoms with Gasteiger partial charge in [0.15, 0.2) is 5.78 Å². The number of hydrogen-bond acceptors (Lipinski definition) is 6. The molecular formula is C22H32O6. The van der Waals surface area contributed by atoms with E-state index in [0.717, 1.165) is 19.3 Å². The first kappa shape index (κ1) is 20.0. The lowest BCUT2D eigenvalue weighted by Gasteiger charge is -2.65. The molecule has 3 N–H and O–H groups in total. The van der Waals surface area contributed by atoms with Gasteiger partial charge >= 0.3 is 5.97 Å². The number of aliphatic hydroxyl groups is 3. The number of carbonyl (C=O) groups is 2. The number of aliphatic hydroxyl groups excluding tert-OH is 3. The van der Waals surface area contributed by atoms with Crippen LogP contribution in [0.5, 0.6) is 0 Å². The highest BCUT2D eigenvalue weighted by Crippen LogP contribution is 2.71. The maximum Gasteiger partial charge on any atom is 0.302 e. The van der Waals surface area contributed by atoms with Gasteiger partial charge in [0.05, 0.1) is 30.3 Å². The number of esters is 1. The van der Waals surface area contributed by atoms with E-state index >= 15 is 0 Å². The molecule has 28 heavy (non-hydrogen) atoms. The molecular weight excluding hydrogens is 360 g/mol. The van der Waals surface area contributed by atoms with Gasteiger partial charge in [-0.2, -0.15) is 0 Å². The monoisotopic (exact) mass is 392 g/mol. The van der Waals surface area contributed by atoms with Crippen molar-refractivity contribution in [2.24, 2.45) is 34.0 Å². The lowest BCUT2D eigenvalue weighted by atomic mass is 9.39. The Kier molecular flexibility index (Phi) is 4.39. The van der Waals surface area contributed by atoms with Crippen molar-refractivity contribution >= 4 is 11.8 Å². The zero-order valence-corrected chi connectivity index (χ0v) is 17.0. The van der Waals surface area contributed by atoms with E-state index in [9.17, 15) is 24.9 Å². The fraction of sp³-hybridized carbons (Fsp3) is 0.818. The zero-order valence-electron chi connectivity index (χ0n) is 17.0. The van der Waals surface area contributed by atoms with Gasteiger partial charge in [-0.1, -0.05) is 26.8 Å². The van der Waals surface area contributed by atoms with Crippen LogP contribution in [0.3, 0.4) is 0 Å². The van der Waals surface area contributed by atoms with Gasteiger partial charge in [0, 0.05) is 18.3 Å². The SMILES string of the molecule is C=C1C(=O)[C@@]23[C@H](O)C[C@@H]4[C@@](C)(COC(C)=O)CCC[C@@]4(C)[C@@H]2C[C@H](O)[C@@H]1[C@H]3O. The minimum absolute atomic E-state index is 0.0244. The number of hydrogen-bond donors (Lipinski definition) is 3. The van der Waals surface area contributed by atoms with E-state index in [1.807, 2.05) is 0 Å². The molecule has 4 fully saturated rings. The molecule has 156 valence electrons. The van der Waals surface area contributed by atoms with Crippen molar-refractivity contribution in [2.45, 2.75) is 71.2 Å². The van der Waals surface area contributed by atoms with Gasteiger partial charge in [-0.15, -0.1) is 0 Å². The van der Waals surface area contributed by atoms with Crippen LogP contribution < -0.4 is 0 Å². The molecule has 0 aromatic carbocycles. The summed E-state index contributed by atoms with van der Waals surface area (Å²) in [5, 5.41) is 33.2. The molecule has 4 saturated carbocycles. The van der Waals surface area contributed by atoms with E-state index in [4.69, 9.17) is 4.74 Å². The lowest BCUT2D eigenvalue weighted by Crippen LogP contribution is -2.68. The fourth-order valence-corrected chi connectivity index (χ4v) is 7.68. The minimum atomic E-state index is -1.27. The molecule has 0 aromatic rings. The van der Waals surface area contributed by atoms with E-state index in [1.54, 1.807) is 0 Å². The number of Topliss-reactive ketones (excluding diaryl/α,β-unsaturated/α-hetero) is 1. The first-order valence-corrected chi connectivity index (χ1v) is 10.4. The maximum absolute atomic E-state index is 13.3. The summed E-state index contributed by atoms with van der Waals surface area (Å²) in [4.78, 5) is 24.7. The standard InChI is InChI=1S/C22H32O6/c1-11-17-13(24)8-15-21(4)7-5-6-20(3,10-28-12(2)23)14(21)9-16(25)22(15,18(11)26)19(17)27/h13-17,19,24-25,27H,1,5-10H2,2-4H3/t13-,14+,15-,16+,17+,19+,20+,21+,22-/m0/s1. The smallest absolute Gasteiger partial charge is 0.302 e. The van der Waals surface area contributed by atoms with Crippen LogP contribution in [0.2, 0.25) is 0 Å². The highest BCUT2D eigenvalue weighted by atomic mass is 16.5. The third kappa shape index (κ3) is 2.25. The Morgan fingerprint density at radius 3 is 2.50 bits per heavy atom. The van der Waals surface area contributed by atoms with Crippen molar-refractivity contribution in [2.75, 3.05) is 6.61 Å². The molecule has 0 radical (unpaired) electrons. The number of ketones is 1. The molecule has 0 heterocycles.